The molecule has 4 rings (SSSR count). The van der Waals surface area contributed by atoms with Crippen molar-refractivity contribution in [2.24, 2.45) is 0 Å². The van der Waals surface area contributed by atoms with Crippen LogP contribution in [0.5, 0.6) is 0 Å². The van der Waals surface area contributed by atoms with Gasteiger partial charge in [0.05, 0.1) is 6.20 Å². The molecule has 2 heterocycles. The molecule has 0 saturated heterocycles. The number of nitrogens with zero attached hydrogens (tertiary/aromatic N) is 4. The third-order valence-corrected chi connectivity index (χ3v) is 5.62. The van der Waals surface area contributed by atoms with Crippen LogP contribution in [0.2, 0.25) is 0 Å². The van der Waals surface area contributed by atoms with Gasteiger partial charge in [-0.15, -0.1) is 0 Å². The standard InChI is InChI=1S/C28H27FN6O2/c1-6-8-25(36)31-20-9-7-10-21(15-20)32-28-30-16-22(29)26(33-28)19-12-11-18-13-24(27(37)34(4)5)35(17(2)3)23(18)14-19/h7,9-17H,1-5H3,(H,31,36)(H,30,32,33). The summed E-state index contributed by atoms with van der Waals surface area (Å²) >= 11 is 0. The van der Waals surface area contributed by atoms with E-state index in [1.54, 1.807) is 51.4 Å². The van der Waals surface area contributed by atoms with Crippen LogP contribution in [0, 0.1) is 17.7 Å². The molecule has 0 saturated carbocycles. The highest BCUT2D eigenvalue weighted by molar-refractivity contribution is 6.04. The van der Waals surface area contributed by atoms with Crippen molar-refractivity contribution < 1.29 is 14.0 Å². The summed E-state index contributed by atoms with van der Waals surface area (Å²) in [7, 11) is 3.42. The highest BCUT2D eigenvalue weighted by Gasteiger charge is 2.20. The Bertz CT molecular complexity index is 1560. The van der Waals surface area contributed by atoms with E-state index in [0.29, 0.717) is 22.6 Å². The van der Waals surface area contributed by atoms with Gasteiger partial charge in [-0.1, -0.05) is 24.1 Å². The van der Waals surface area contributed by atoms with Gasteiger partial charge in [-0.3, -0.25) is 9.59 Å². The molecule has 2 amide bonds. The number of amides is 2. The molecule has 2 N–H and O–H groups in total. The molecule has 8 nitrogen and oxygen atoms in total. The van der Waals surface area contributed by atoms with Crippen molar-refractivity contribution in [3.05, 3.63) is 66.2 Å². The molecule has 0 radical (unpaired) electrons. The van der Waals surface area contributed by atoms with Crippen molar-refractivity contribution in [2.75, 3.05) is 24.7 Å². The third-order valence-electron chi connectivity index (χ3n) is 5.62. The number of carbonyl (C=O) groups excluding carboxylic acids is 2. The molecule has 0 bridgehead atoms. The molecular weight excluding hydrogens is 471 g/mol. The lowest BCUT2D eigenvalue weighted by Gasteiger charge is -2.17. The summed E-state index contributed by atoms with van der Waals surface area (Å²) in [5.41, 5.74) is 3.20. The number of hydrogen-bond donors (Lipinski definition) is 2. The zero-order chi connectivity index (χ0) is 26.7. The van der Waals surface area contributed by atoms with E-state index in [1.165, 1.54) is 4.90 Å². The highest BCUT2D eigenvalue weighted by Crippen LogP contribution is 2.31. The Morgan fingerprint density at radius 2 is 1.84 bits per heavy atom. The van der Waals surface area contributed by atoms with Crippen molar-refractivity contribution in [1.29, 1.82) is 0 Å². The second kappa shape index (κ2) is 10.5. The maximum Gasteiger partial charge on any atom is 0.300 e. The monoisotopic (exact) mass is 498 g/mol. The molecule has 0 atom stereocenters. The zero-order valence-electron chi connectivity index (χ0n) is 21.3. The molecule has 9 heteroatoms. The number of benzene rings is 2. The van der Waals surface area contributed by atoms with Crippen LogP contribution in [-0.4, -0.2) is 45.3 Å². The number of nitrogens with one attached hydrogen (secondary N) is 2. The minimum absolute atomic E-state index is 0.00944. The molecule has 0 unspecified atom stereocenters. The van der Waals surface area contributed by atoms with Crippen LogP contribution >= 0.6 is 0 Å². The first kappa shape index (κ1) is 25.4. The first-order valence-corrected chi connectivity index (χ1v) is 11.7. The van der Waals surface area contributed by atoms with E-state index >= 15 is 0 Å². The van der Waals surface area contributed by atoms with Gasteiger partial charge in [0.15, 0.2) is 5.82 Å². The predicted molar refractivity (Wildman–Crippen MR) is 143 cm³/mol. The number of carbonyl (C=O) groups is 2. The Morgan fingerprint density at radius 3 is 2.54 bits per heavy atom. The molecule has 4 aromatic rings. The maximum absolute atomic E-state index is 14.9. The van der Waals surface area contributed by atoms with Crippen molar-refractivity contribution in [2.45, 2.75) is 26.8 Å². The quantitative estimate of drug-likeness (QED) is 0.356. The first-order valence-electron chi connectivity index (χ1n) is 11.7. The van der Waals surface area contributed by atoms with Gasteiger partial charge in [-0.2, -0.15) is 0 Å². The van der Waals surface area contributed by atoms with E-state index in [1.807, 2.05) is 36.6 Å². The SMILES string of the molecule is CC#CC(=O)Nc1cccc(Nc2ncc(F)c(-c3ccc4cc(C(=O)N(C)C)n(C(C)C)c4c3)n2)c1. The third kappa shape index (κ3) is 5.43. The average molecular weight is 499 g/mol. The van der Waals surface area contributed by atoms with Gasteiger partial charge in [0.1, 0.15) is 11.4 Å². The van der Waals surface area contributed by atoms with E-state index < -0.39 is 11.7 Å². The van der Waals surface area contributed by atoms with Gasteiger partial charge < -0.3 is 20.1 Å². The summed E-state index contributed by atoms with van der Waals surface area (Å²) in [5.74, 6) is 4.06. The van der Waals surface area contributed by atoms with Crippen LogP contribution in [-0.2, 0) is 4.79 Å². The van der Waals surface area contributed by atoms with E-state index in [-0.39, 0.29) is 23.6 Å². The van der Waals surface area contributed by atoms with Gasteiger partial charge in [0, 0.05) is 48.0 Å². The molecule has 37 heavy (non-hydrogen) atoms. The van der Waals surface area contributed by atoms with Crippen LogP contribution in [0.25, 0.3) is 22.2 Å². The lowest BCUT2D eigenvalue weighted by atomic mass is 10.1. The van der Waals surface area contributed by atoms with Gasteiger partial charge in [0.25, 0.3) is 11.8 Å². The predicted octanol–water partition coefficient (Wildman–Crippen LogP) is 5.23. The summed E-state index contributed by atoms with van der Waals surface area (Å²) in [4.78, 5) is 34.6. The minimum atomic E-state index is -0.573. The second-order valence-electron chi connectivity index (χ2n) is 8.89. The van der Waals surface area contributed by atoms with Crippen LogP contribution in [0.15, 0.2) is 54.7 Å². The summed E-state index contributed by atoms with van der Waals surface area (Å²) in [6.45, 7) is 5.58. The van der Waals surface area contributed by atoms with E-state index in [2.05, 4.69) is 32.4 Å². The fraction of sp³-hybridized carbons (Fsp3) is 0.214. The Hall–Kier alpha value is -4.71. The molecule has 188 valence electrons. The van der Waals surface area contributed by atoms with Crippen LogP contribution in [0.3, 0.4) is 0 Å². The minimum Gasteiger partial charge on any atom is -0.343 e. The molecular formula is C28H27FN6O2. The molecule has 0 aliphatic heterocycles. The van der Waals surface area contributed by atoms with Crippen molar-refractivity contribution in [3.8, 4) is 23.1 Å². The average Bonchev–Trinajstić information content (AvgIpc) is 3.24. The lowest BCUT2D eigenvalue weighted by Crippen LogP contribution is -2.25. The van der Waals surface area contributed by atoms with Gasteiger partial charge >= 0.3 is 0 Å². The summed E-state index contributed by atoms with van der Waals surface area (Å²) in [6, 6.07) is 14.3. The lowest BCUT2D eigenvalue weighted by molar-refractivity contribution is -0.111. The van der Waals surface area contributed by atoms with Gasteiger partial charge in [-0.05, 0) is 57.0 Å². The van der Waals surface area contributed by atoms with Crippen molar-refractivity contribution >= 4 is 40.0 Å². The van der Waals surface area contributed by atoms with Gasteiger partial charge in [-0.25, -0.2) is 14.4 Å². The second-order valence-corrected chi connectivity index (χ2v) is 8.89. The molecule has 0 aliphatic carbocycles. The molecule has 2 aromatic heterocycles. The molecule has 0 spiro atoms. The molecule has 0 fully saturated rings. The topological polar surface area (TPSA) is 92.1 Å². The Kier molecular flexibility index (Phi) is 7.20. The van der Waals surface area contributed by atoms with E-state index in [9.17, 15) is 14.0 Å². The van der Waals surface area contributed by atoms with Crippen LogP contribution in [0.1, 0.15) is 37.3 Å². The summed E-state index contributed by atoms with van der Waals surface area (Å²) in [6.07, 6.45) is 1.11. The molecule has 2 aromatic carbocycles. The van der Waals surface area contributed by atoms with Crippen molar-refractivity contribution in [1.82, 2.24) is 19.4 Å². The normalized spacial score (nSPS) is 10.7. The fourth-order valence-corrected chi connectivity index (χ4v) is 4.03. The van der Waals surface area contributed by atoms with Crippen molar-refractivity contribution in [3.63, 3.8) is 0 Å². The summed E-state index contributed by atoms with van der Waals surface area (Å²) in [5, 5.41) is 6.61. The Balaban J connectivity index is 1.70. The smallest absolute Gasteiger partial charge is 0.300 e. The Labute approximate surface area is 214 Å². The summed E-state index contributed by atoms with van der Waals surface area (Å²) < 4.78 is 16.8. The number of aromatic nitrogens is 3. The number of hydrogen-bond acceptors (Lipinski definition) is 5. The number of anilines is 3. The van der Waals surface area contributed by atoms with E-state index in [4.69, 9.17) is 0 Å². The Morgan fingerprint density at radius 1 is 1.08 bits per heavy atom. The fourth-order valence-electron chi connectivity index (χ4n) is 4.03. The highest BCUT2D eigenvalue weighted by atomic mass is 19.1. The number of rotatable bonds is 6. The maximum atomic E-state index is 14.9. The largest absolute Gasteiger partial charge is 0.343 e. The van der Waals surface area contributed by atoms with Gasteiger partial charge in [0.2, 0.25) is 5.95 Å². The molecule has 0 aliphatic rings. The van der Waals surface area contributed by atoms with Crippen LogP contribution in [0.4, 0.5) is 21.7 Å². The number of fused-ring (bicyclic) bond motifs is 1. The first-order chi connectivity index (χ1) is 17.7. The van der Waals surface area contributed by atoms with E-state index in [0.717, 1.165) is 17.1 Å². The number of halogens is 1. The zero-order valence-corrected chi connectivity index (χ0v) is 21.3. The van der Waals surface area contributed by atoms with Crippen LogP contribution < -0.4 is 10.6 Å².